The summed E-state index contributed by atoms with van der Waals surface area (Å²) >= 11 is 0. The van der Waals surface area contributed by atoms with E-state index in [0.717, 1.165) is 0 Å². The van der Waals surface area contributed by atoms with Crippen LogP contribution in [0.1, 0.15) is 25.7 Å². The van der Waals surface area contributed by atoms with Crippen LogP contribution in [0.3, 0.4) is 0 Å². The molecule has 4 nitrogen and oxygen atoms in total. The normalized spacial score (nSPS) is 19.1. The largest absolute Gasteiger partial charge is 0.480 e. The fourth-order valence-corrected chi connectivity index (χ4v) is 1.99. The molecule has 1 aliphatic rings. The first-order chi connectivity index (χ1) is 8.37. The van der Waals surface area contributed by atoms with Crippen LogP contribution in [0.15, 0.2) is 0 Å². The van der Waals surface area contributed by atoms with Crippen molar-refractivity contribution in [3.8, 4) is 0 Å². The van der Waals surface area contributed by atoms with Crippen LogP contribution >= 0.6 is 0 Å². The van der Waals surface area contributed by atoms with Crippen molar-refractivity contribution < 1.29 is 27.8 Å². The third-order valence-corrected chi connectivity index (χ3v) is 2.91. The van der Waals surface area contributed by atoms with E-state index in [1.54, 1.807) is 0 Å². The summed E-state index contributed by atoms with van der Waals surface area (Å²) in [5.41, 5.74) is 0. The van der Waals surface area contributed by atoms with Crippen molar-refractivity contribution in [2.75, 3.05) is 26.2 Å². The van der Waals surface area contributed by atoms with E-state index < -0.39 is 18.6 Å². The SMILES string of the molecule is O=C(O)COC1CCN(CCCC(F)(F)F)CC1. The van der Waals surface area contributed by atoms with Gasteiger partial charge in [-0.05, 0) is 25.8 Å². The van der Waals surface area contributed by atoms with E-state index in [2.05, 4.69) is 0 Å². The van der Waals surface area contributed by atoms with Gasteiger partial charge in [-0.3, -0.25) is 0 Å². The van der Waals surface area contributed by atoms with Gasteiger partial charge in [0, 0.05) is 19.5 Å². The van der Waals surface area contributed by atoms with Crippen LogP contribution in [-0.4, -0.2) is 54.5 Å². The number of carboxylic acid groups (broad SMARTS) is 1. The molecule has 0 saturated carbocycles. The highest BCUT2D eigenvalue weighted by atomic mass is 19.4. The lowest BCUT2D eigenvalue weighted by Crippen LogP contribution is -2.38. The predicted octanol–water partition coefficient (Wildman–Crippen LogP) is 1.89. The Balaban J connectivity index is 2.10. The Labute approximate surface area is 104 Å². The molecule has 0 amide bonds. The quantitative estimate of drug-likeness (QED) is 0.800. The summed E-state index contributed by atoms with van der Waals surface area (Å²) in [6.07, 6.45) is -3.44. The molecule has 1 saturated heterocycles. The molecule has 0 atom stereocenters. The number of aliphatic carboxylic acids is 1. The van der Waals surface area contributed by atoms with Gasteiger partial charge in [0.1, 0.15) is 6.61 Å². The molecule has 7 heteroatoms. The van der Waals surface area contributed by atoms with Crippen molar-refractivity contribution in [2.24, 2.45) is 0 Å². The maximum atomic E-state index is 12.0. The summed E-state index contributed by atoms with van der Waals surface area (Å²) in [4.78, 5) is 12.3. The second kappa shape index (κ2) is 6.94. The minimum absolute atomic E-state index is 0.0834. The van der Waals surface area contributed by atoms with Crippen molar-refractivity contribution in [1.29, 1.82) is 0 Å². The average molecular weight is 269 g/mol. The minimum atomic E-state index is -4.08. The molecule has 0 unspecified atom stereocenters. The van der Waals surface area contributed by atoms with Gasteiger partial charge in [0.25, 0.3) is 0 Å². The zero-order valence-corrected chi connectivity index (χ0v) is 10.1. The third-order valence-electron chi connectivity index (χ3n) is 2.91. The van der Waals surface area contributed by atoms with E-state index in [9.17, 15) is 18.0 Å². The lowest BCUT2D eigenvalue weighted by Gasteiger charge is -2.31. The number of piperidine rings is 1. The monoisotopic (exact) mass is 269 g/mol. The molecule has 0 aromatic heterocycles. The summed E-state index contributed by atoms with van der Waals surface area (Å²) in [6, 6.07) is 0. The number of carbonyl (C=O) groups is 1. The highest BCUT2D eigenvalue weighted by Gasteiger charge is 2.27. The van der Waals surface area contributed by atoms with Gasteiger partial charge < -0.3 is 14.7 Å². The molecular formula is C11H18F3NO3. The summed E-state index contributed by atoms with van der Waals surface area (Å²) in [5.74, 6) is -0.998. The van der Waals surface area contributed by atoms with E-state index in [1.165, 1.54) is 0 Å². The van der Waals surface area contributed by atoms with Crippen molar-refractivity contribution in [1.82, 2.24) is 4.90 Å². The van der Waals surface area contributed by atoms with Crippen LogP contribution in [0.4, 0.5) is 13.2 Å². The third kappa shape index (κ3) is 6.80. The summed E-state index contributed by atoms with van der Waals surface area (Å²) in [6.45, 7) is 1.47. The second-order valence-corrected chi connectivity index (χ2v) is 4.46. The minimum Gasteiger partial charge on any atom is -0.480 e. The molecule has 0 aliphatic carbocycles. The Morgan fingerprint density at radius 3 is 2.44 bits per heavy atom. The Morgan fingerprint density at radius 2 is 1.94 bits per heavy atom. The maximum Gasteiger partial charge on any atom is 0.389 e. The Hall–Kier alpha value is -0.820. The predicted molar refractivity (Wildman–Crippen MR) is 58.3 cm³/mol. The molecule has 0 radical (unpaired) electrons. The summed E-state index contributed by atoms with van der Waals surface area (Å²) in [5, 5.41) is 8.45. The van der Waals surface area contributed by atoms with Crippen molar-refractivity contribution in [3.05, 3.63) is 0 Å². The van der Waals surface area contributed by atoms with E-state index in [0.29, 0.717) is 32.5 Å². The van der Waals surface area contributed by atoms with E-state index in [-0.39, 0.29) is 19.1 Å². The maximum absolute atomic E-state index is 12.0. The van der Waals surface area contributed by atoms with Gasteiger partial charge in [0.05, 0.1) is 6.10 Å². The van der Waals surface area contributed by atoms with E-state index >= 15 is 0 Å². The Bertz CT molecular complexity index is 263. The Kier molecular flexibility index (Phi) is 5.87. The number of carboxylic acids is 1. The van der Waals surface area contributed by atoms with Gasteiger partial charge in [0.15, 0.2) is 0 Å². The molecule has 1 N–H and O–H groups in total. The smallest absolute Gasteiger partial charge is 0.389 e. The first-order valence-corrected chi connectivity index (χ1v) is 5.99. The van der Waals surface area contributed by atoms with Crippen LogP contribution in [0, 0.1) is 0 Å². The molecule has 0 bridgehead atoms. The molecule has 18 heavy (non-hydrogen) atoms. The van der Waals surface area contributed by atoms with Crippen molar-refractivity contribution >= 4 is 5.97 Å². The molecular weight excluding hydrogens is 251 g/mol. The highest BCUT2D eigenvalue weighted by Crippen LogP contribution is 2.22. The fraction of sp³-hybridized carbons (Fsp3) is 0.909. The molecule has 106 valence electrons. The fourth-order valence-electron chi connectivity index (χ4n) is 1.99. The van der Waals surface area contributed by atoms with Gasteiger partial charge >= 0.3 is 12.1 Å². The van der Waals surface area contributed by atoms with Crippen LogP contribution in [0.25, 0.3) is 0 Å². The molecule has 0 aromatic rings. The van der Waals surface area contributed by atoms with Crippen molar-refractivity contribution in [3.63, 3.8) is 0 Å². The van der Waals surface area contributed by atoms with E-state index in [4.69, 9.17) is 9.84 Å². The zero-order valence-electron chi connectivity index (χ0n) is 10.1. The number of likely N-dealkylation sites (tertiary alicyclic amines) is 1. The van der Waals surface area contributed by atoms with Crippen LogP contribution in [0.2, 0.25) is 0 Å². The van der Waals surface area contributed by atoms with Gasteiger partial charge in [0.2, 0.25) is 0 Å². The summed E-state index contributed by atoms with van der Waals surface area (Å²) < 4.78 is 41.0. The Morgan fingerprint density at radius 1 is 1.33 bits per heavy atom. The molecule has 1 fully saturated rings. The number of ether oxygens (including phenoxy) is 1. The number of nitrogens with zero attached hydrogens (tertiary/aromatic N) is 1. The van der Waals surface area contributed by atoms with Gasteiger partial charge in [-0.1, -0.05) is 0 Å². The lowest BCUT2D eigenvalue weighted by atomic mass is 10.1. The van der Waals surface area contributed by atoms with Crippen LogP contribution < -0.4 is 0 Å². The first kappa shape index (κ1) is 15.2. The number of hydrogen-bond acceptors (Lipinski definition) is 3. The molecule has 0 spiro atoms. The topological polar surface area (TPSA) is 49.8 Å². The standard InChI is InChI=1S/C11H18F3NO3/c12-11(13,14)4-1-5-15-6-2-9(3-7-15)18-8-10(16)17/h9H,1-8H2,(H,16,17). The number of rotatable bonds is 6. The summed E-state index contributed by atoms with van der Waals surface area (Å²) in [7, 11) is 0. The van der Waals surface area contributed by atoms with Crippen LogP contribution in [-0.2, 0) is 9.53 Å². The lowest BCUT2D eigenvalue weighted by molar-refractivity contribution is -0.145. The second-order valence-electron chi connectivity index (χ2n) is 4.46. The van der Waals surface area contributed by atoms with Crippen molar-refractivity contribution in [2.45, 2.75) is 38.0 Å². The molecule has 1 rings (SSSR count). The van der Waals surface area contributed by atoms with E-state index in [1.807, 2.05) is 4.90 Å². The first-order valence-electron chi connectivity index (χ1n) is 5.99. The molecule has 1 aliphatic heterocycles. The number of hydrogen-bond donors (Lipinski definition) is 1. The highest BCUT2D eigenvalue weighted by molar-refractivity contribution is 5.68. The zero-order chi connectivity index (χ0) is 13.6. The van der Waals surface area contributed by atoms with Gasteiger partial charge in [-0.2, -0.15) is 13.2 Å². The van der Waals surface area contributed by atoms with Gasteiger partial charge in [-0.15, -0.1) is 0 Å². The van der Waals surface area contributed by atoms with Crippen LogP contribution in [0.5, 0.6) is 0 Å². The number of halogens is 3. The average Bonchev–Trinajstić information content (AvgIpc) is 2.26. The number of alkyl halides is 3. The molecule has 1 heterocycles. The van der Waals surface area contributed by atoms with Gasteiger partial charge in [-0.25, -0.2) is 4.79 Å². The molecule has 0 aromatic carbocycles.